The van der Waals surface area contributed by atoms with Crippen molar-refractivity contribution in [3.05, 3.63) is 78.2 Å². The van der Waals surface area contributed by atoms with Gasteiger partial charge in [-0.15, -0.1) is 0 Å². The Labute approximate surface area is 195 Å². The zero-order valence-electron chi connectivity index (χ0n) is 19.0. The maximum Gasteiger partial charge on any atom is 0.410 e. The van der Waals surface area contributed by atoms with E-state index in [1.165, 1.54) is 11.3 Å². The van der Waals surface area contributed by atoms with Gasteiger partial charge in [0.2, 0.25) is 6.29 Å². The van der Waals surface area contributed by atoms with Crippen LogP contribution in [0.1, 0.15) is 42.7 Å². The molecule has 3 aliphatic rings. The van der Waals surface area contributed by atoms with Crippen molar-refractivity contribution in [2.24, 2.45) is 5.92 Å². The lowest BCUT2D eigenvalue weighted by molar-refractivity contribution is -0.0728. The molecular weight excluding hydrogens is 416 g/mol. The van der Waals surface area contributed by atoms with Crippen molar-refractivity contribution in [1.29, 1.82) is 0 Å². The van der Waals surface area contributed by atoms with Crippen molar-refractivity contribution in [1.82, 2.24) is 4.90 Å². The van der Waals surface area contributed by atoms with Gasteiger partial charge in [-0.1, -0.05) is 42.5 Å². The molecule has 2 aromatic rings. The minimum absolute atomic E-state index is 0.101. The van der Waals surface area contributed by atoms with Gasteiger partial charge in [-0.25, -0.2) is 4.79 Å². The van der Waals surface area contributed by atoms with Gasteiger partial charge in [0.15, 0.2) is 0 Å². The average Bonchev–Trinajstić information content (AvgIpc) is 3.43. The maximum atomic E-state index is 12.4. The van der Waals surface area contributed by atoms with E-state index in [1.54, 1.807) is 12.5 Å². The summed E-state index contributed by atoms with van der Waals surface area (Å²) in [5.41, 5.74) is 3.66. The molecule has 5 rings (SSSR count). The number of piperidine rings is 2. The van der Waals surface area contributed by atoms with Gasteiger partial charge in [0.25, 0.3) is 0 Å². The molecule has 0 aromatic heterocycles. The van der Waals surface area contributed by atoms with E-state index < -0.39 is 0 Å². The number of likely N-dealkylation sites (tertiary alicyclic amines) is 1. The highest BCUT2D eigenvalue weighted by molar-refractivity contribution is 5.67. The number of ether oxygens (including phenoxy) is 3. The van der Waals surface area contributed by atoms with E-state index in [0.29, 0.717) is 18.4 Å². The van der Waals surface area contributed by atoms with Crippen molar-refractivity contribution in [3.8, 4) is 0 Å². The monoisotopic (exact) mass is 448 g/mol. The molecule has 1 amide bonds. The standard InChI is InChI=1S/C27H32N2O4/c30-27(33-20-21-4-2-1-3-5-21)29-16-10-23(11-17-29)22-6-8-25(9-7-22)28-14-12-24(13-15-28)26-31-18-19-32-26/h1-9,18-19,23-24,26H,10-17,20H2. The first-order valence-corrected chi connectivity index (χ1v) is 12.0. The number of nitrogens with zero attached hydrogens (tertiary/aromatic N) is 2. The zero-order chi connectivity index (χ0) is 22.5. The van der Waals surface area contributed by atoms with E-state index in [4.69, 9.17) is 14.2 Å². The molecule has 2 fully saturated rings. The van der Waals surface area contributed by atoms with Crippen LogP contribution >= 0.6 is 0 Å². The van der Waals surface area contributed by atoms with Gasteiger partial charge < -0.3 is 24.0 Å². The molecule has 0 bridgehead atoms. The quantitative estimate of drug-likeness (QED) is 0.624. The molecule has 2 aromatic carbocycles. The third-order valence-corrected chi connectivity index (χ3v) is 7.09. The summed E-state index contributed by atoms with van der Waals surface area (Å²) in [6.45, 7) is 3.87. The first-order chi connectivity index (χ1) is 16.3. The summed E-state index contributed by atoms with van der Waals surface area (Å²) >= 11 is 0. The summed E-state index contributed by atoms with van der Waals surface area (Å²) in [5, 5.41) is 0. The van der Waals surface area contributed by atoms with E-state index in [-0.39, 0.29) is 12.4 Å². The van der Waals surface area contributed by atoms with Gasteiger partial charge >= 0.3 is 6.09 Å². The second-order valence-electron chi connectivity index (χ2n) is 9.13. The number of rotatable bonds is 5. The molecule has 3 heterocycles. The van der Waals surface area contributed by atoms with Crippen LogP contribution in [0.2, 0.25) is 0 Å². The first-order valence-electron chi connectivity index (χ1n) is 12.0. The van der Waals surface area contributed by atoms with Crippen LogP contribution in [-0.4, -0.2) is 43.5 Å². The Morgan fingerprint density at radius 3 is 2.18 bits per heavy atom. The maximum absolute atomic E-state index is 12.4. The molecule has 0 N–H and O–H groups in total. The second-order valence-corrected chi connectivity index (χ2v) is 9.13. The van der Waals surface area contributed by atoms with Crippen LogP contribution < -0.4 is 4.90 Å². The number of hydrogen-bond acceptors (Lipinski definition) is 5. The number of carbonyl (C=O) groups is 1. The fraction of sp³-hybridized carbons (Fsp3) is 0.444. The van der Waals surface area contributed by atoms with Gasteiger partial charge in [-0.3, -0.25) is 0 Å². The number of carbonyl (C=O) groups excluding carboxylic acids is 1. The Morgan fingerprint density at radius 2 is 1.52 bits per heavy atom. The van der Waals surface area contributed by atoms with Crippen molar-refractivity contribution < 1.29 is 19.0 Å². The van der Waals surface area contributed by atoms with E-state index in [1.807, 2.05) is 35.2 Å². The second kappa shape index (κ2) is 10.2. The Kier molecular flexibility index (Phi) is 6.70. The van der Waals surface area contributed by atoms with Crippen molar-refractivity contribution in [2.75, 3.05) is 31.1 Å². The van der Waals surface area contributed by atoms with Gasteiger partial charge in [-0.2, -0.15) is 0 Å². The van der Waals surface area contributed by atoms with Gasteiger partial charge in [0, 0.05) is 37.8 Å². The number of benzene rings is 2. The van der Waals surface area contributed by atoms with E-state index >= 15 is 0 Å². The Balaban J connectivity index is 1.07. The molecule has 0 aliphatic carbocycles. The van der Waals surface area contributed by atoms with Crippen LogP contribution in [0, 0.1) is 5.92 Å². The minimum atomic E-state index is -0.208. The molecule has 0 radical (unpaired) electrons. The van der Waals surface area contributed by atoms with E-state index in [0.717, 1.165) is 57.4 Å². The summed E-state index contributed by atoms with van der Waals surface area (Å²) in [4.78, 5) is 16.7. The van der Waals surface area contributed by atoms with Crippen LogP contribution in [0.4, 0.5) is 10.5 Å². The molecule has 33 heavy (non-hydrogen) atoms. The fourth-order valence-corrected chi connectivity index (χ4v) is 5.07. The molecule has 6 heteroatoms. The summed E-state index contributed by atoms with van der Waals surface area (Å²) in [6.07, 6.45) is 7.08. The molecular formula is C27H32N2O4. The van der Waals surface area contributed by atoms with Crippen molar-refractivity contribution >= 4 is 11.8 Å². The molecule has 0 atom stereocenters. The molecule has 0 unspecified atom stereocenters. The molecule has 0 spiro atoms. The largest absolute Gasteiger partial charge is 0.459 e. The van der Waals surface area contributed by atoms with Crippen LogP contribution in [0.25, 0.3) is 0 Å². The first kappa shape index (κ1) is 21.7. The van der Waals surface area contributed by atoms with Crippen LogP contribution in [0.3, 0.4) is 0 Å². The Bertz CT molecular complexity index is 922. The number of anilines is 1. The lowest BCUT2D eigenvalue weighted by atomic mass is 9.89. The zero-order valence-corrected chi connectivity index (χ0v) is 19.0. The minimum Gasteiger partial charge on any atom is -0.459 e. The smallest absolute Gasteiger partial charge is 0.410 e. The lowest BCUT2D eigenvalue weighted by Gasteiger charge is -2.35. The highest BCUT2D eigenvalue weighted by Gasteiger charge is 2.30. The molecule has 0 saturated carbocycles. The molecule has 174 valence electrons. The van der Waals surface area contributed by atoms with Crippen LogP contribution in [-0.2, 0) is 20.8 Å². The molecule has 6 nitrogen and oxygen atoms in total. The third-order valence-electron chi connectivity index (χ3n) is 7.09. The highest BCUT2D eigenvalue weighted by atomic mass is 16.7. The topological polar surface area (TPSA) is 51.2 Å². The Morgan fingerprint density at radius 1 is 0.848 bits per heavy atom. The van der Waals surface area contributed by atoms with Crippen molar-refractivity contribution in [2.45, 2.75) is 44.5 Å². The summed E-state index contributed by atoms with van der Waals surface area (Å²) < 4.78 is 16.5. The van der Waals surface area contributed by atoms with Gasteiger partial charge in [0.1, 0.15) is 19.1 Å². The summed E-state index contributed by atoms with van der Waals surface area (Å²) in [7, 11) is 0. The highest BCUT2D eigenvalue weighted by Crippen LogP contribution is 2.32. The lowest BCUT2D eigenvalue weighted by Crippen LogP contribution is -2.38. The van der Waals surface area contributed by atoms with Gasteiger partial charge in [-0.05, 0) is 54.9 Å². The Hall–Kier alpha value is -3.15. The van der Waals surface area contributed by atoms with Crippen LogP contribution in [0.15, 0.2) is 67.1 Å². The molecule has 3 aliphatic heterocycles. The SMILES string of the molecule is O=C(OCc1ccccc1)N1CCC(c2ccc(N3CCC(C4OC=CO4)CC3)cc2)CC1. The normalized spacial score (nSPS) is 19.9. The molecule has 2 saturated heterocycles. The van der Waals surface area contributed by atoms with E-state index in [9.17, 15) is 4.79 Å². The predicted molar refractivity (Wildman–Crippen MR) is 127 cm³/mol. The fourth-order valence-electron chi connectivity index (χ4n) is 5.07. The summed E-state index contributed by atoms with van der Waals surface area (Å²) in [5.74, 6) is 0.951. The van der Waals surface area contributed by atoms with Gasteiger partial charge in [0.05, 0.1) is 0 Å². The van der Waals surface area contributed by atoms with Crippen molar-refractivity contribution in [3.63, 3.8) is 0 Å². The average molecular weight is 449 g/mol. The summed E-state index contributed by atoms with van der Waals surface area (Å²) in [6, 6.07) is 18.9. The van der Waals surface area contributed by atoms with Crippen LogP contribution in [0.5, 0.6) is 0 Å². The number of hydrogen-bond donors (Lipinski definition) is 0. The third kappa shape index (κ3) is 5.27. The van der Waals surface area contributed by atoms with E-state index in [2.05, 4.69) is 29.2 Å². The number of amides is 1. The predicted octanol–water partition coefficient (Wildman–Crippen LogP) is 5.26.